The molecular formula is C13H15N3O3S2. The molecule has 0 aromatic carbocycles. The second-order valence-electron chi connectivity index (χ2n) is 4.94. The van der Waals surface area contributed by atoms with Gasteiger partial charge in [0.2, 0.25) is 5.91 Å². The number of amides is 1. The van der Waals surface area contributed by atoms with E-state index in [0.717, 1.165) is 24.2 Å². The number of nitrogens with one attached hydrogen (secondary N) is 1. The van der Waals surface area contributed by atoms with E-state index in [-0.39, 0.29) is 16.5 Å². The van der Waals surface area contributed by atoms with E-state index in [2.05, 4.69) is 16.4 Å². The molecule has 0 radical (unpaired) electrons. The first kappa shape index (κ1) is 15.8. The smallest absolute Gasteiger partial charge is 0.347 e. The number of carboxylic acids is 1. The van der Waals surface area contributed by atoms with E-state index in [1.807, 2.05) is 0 Å². The van der Waals surface area contributed by atoms with Gasteiger partial charge in [0.25, 0.3) is 0 Å². The second-order valence-corrected chi connectivity index (χ2v) is 7.16. The van der Waals surface area contributed by atoms with Crippen molar-refractivity contribution < 1.29 is 14.7 Å². The molecule has 0 bridgehead atoms. The van der Waals surface area contributed by atoms with Crippen molar-refractivity contribution in [2.24, 2.45) is 0 Å². The van der Waals surface area contributed by atoms with Crippen LogP contribution in [0.2, 0.25) is 0 Å². The molecule has 1 aliphatic rings. The SMILES string of the molecule is Cc1nc(SCC(=O)NC2(C#N)CCCC2)sc1C(=O)O. The van der Waals surface area contributed by atoms with Crippen LogP contribution in [0.5, 0.6) is 0 Å². The van der Waals surface area contributed by atoms with Crippen LogP contribution in [-0.2, 0) is 4.79 Å². The van der Waals surface area contributed by atoms with Crippen molar-refractivity contribution in [3.05, 3.63) is 10.6 Å². The number of thioether (sulfide) groups is 1. The minimum absolute atomic E-state index is 0.134. The van der Waals surface area contributed by atoms with Crippen molar-refractivity contribution >= 4 is 35.0 Å². The van der Waals surface area contributed by atoms with Crippen LogP contribution in [0.1, 0.15) is 41.0 Å². The van der Waals surface area contributed by atoms with Crippen molar-refractivity contribution in [1.82, 2.24) is 10.3 Å². The maximum absolute atomic E-state index is 11.9. The number of nitrogens with zero attached hydrogens (tertiary/aromatic N) is 2. The maximum Gasteiger partial charge on any atom is 0.347 e. The number of nitriles is 1. The molecule has 1 saturated carbocycles. The largest absolute Gasteiger partial charge is 0.477 e. The van der Waals surface area contributed by atoms with E-state index in [9.17, 15) is 14.9 Å². The summed E-state index contributed by atoms with van der Waals surface area (Å²) in [6, 6.07) is 2.20. The first-order valence-electron chi connectivity index (χ1n) is 6.51. The normalized spacial score (nSPS) is 16.4. The number of aromatic nitrogens is 1. The number of aryl methyl sites for hydroxylation is 1. The van der Waals surface area contributed by atoms with E-state index in [4.69, 9.17) is 5.11 Å². The van der Waals surface area contributed by atoms with Crippen molar-refractivity contribution in [1.29, 1.82) is 5.26 Å². The lowest BCUT2D eigenvalue weighted by Crippen LogP contribution is -2.45. The van der Waals surface area contributed by atoms with E-state index < -0.39 is 11.5 Å². The minimum atomic E-state index is -1.00. The molecule has 0 saturated heterocycles. The third-order valence-corrected chi connectivity index (χ3v) is 5.64. The molecule has 1 aromatic rings. The Morgan fingerprint density at radius 2 is 2.19 bits per heavy atom. The van der Waals surface area contributed by atoms with E-state index >= 15 is 0 Å². The fraction of sp³-hybridized carbons (Fsp3) is 0.538. The number of rotatable bonds is 5. The molecule has 0 atom stereocenters. The van der Waals surface area contributed by atoms with Crippen LogP contribution in [0.3, 0.4) is 0 Å². The molecular weight excluding hydrogens is 310 g/mol. The Balaban J connectivity index is 1.91. The Morgan fingerprint density at radius 1 is 1.52 bits per heavy atom. The fourth-order valence-corrected chi connectivity index (χ4v) is 4.13. The zero-order valence-corrected chi connectivity index (χ0v) is 13.1. The molecule has 0 aliphatic heterocycles. The Morgan fingerprint density at radius 3 is 2.71 bits per heavy atom. The lowest BCUT2D eigenvalue weighted by molar-refractivity contribution is -0.119. The highest BCUT2D eigenvalue weighted by Gasteiger charge is 2.35. The van der Waals surface area contributed by atoms with Crippen molar-refractivity contribution in [2.45, 2.75) is 42.5 Å². The second kappa shape index (κ2) is 6.45. The summed E-state index contributed by atoms with van der Waals surface area (Å²) in [6.07, 6.45) is 3.29. The van der Waals surface area contributed by atoms with Crippen LogP contribution in [-0.4, -0.2) is 33.3 Å². The Kier molecular flexibility index (Phi) is 4.85. The quantitative estimate of drug-likeness (QED) is 0.804. The lowest BCUT2D eigenvalue weighted by atomic mass is 10.0. The Bertz CT molecular complexity index is 600. The van der Waals surface area contributed by atoms with Gasteiger partial charge in [0, 0.05) is 0 Å². The Labute approximate surface area is 130 Å². The minimum Gasteiger partial charge on any atom is -0.477 e. The average Bonchev–Trinajstić information content (AvgIpc) is 3.04. The predicted molar refractivity (Wildman–Crippen MR) is 79.5 cm³/mol. The van der Waals surface area contributed by atoms with Gasteiger partial charge in [-0.2, -0.15) is 5.26 Å². The van der Waals surface area contributed by atoms with Crippen LogP contribution in [0.15, 0.2) is 4.34 Å². The van der Waals surface area contributed by atoms with Gasteiger partial charge in [0.1, 0.15) is 10.4 Å². The molecule has 1 fully saturated rings. The highest BCUT2D eigenvalue weighted by Crippen LogP contribution is 2.30. The van der Waals surface area contributed by atoms with Crippen LogP contribution in [0, 0.1) is 18.3 Å². The van der Waals surface area contributed by atoms with Gasteiger partial charge in [-0.05, 0) is 32.6 Å². The molecule has 2 rings (SSSR count). The molecule has 1 aromatic heterocycles. The maximum atomic E-state index is 11.9. The molecule has 0 unspecified atom stereocenters. The zero-order chi connectivity index (χ0) is 15.5. The van der Waals surface area contributed by atoms with Gasteiger partial charge >= 0.3 is 5.97 Å². The summed E-state index contributed by atoms with van der Waals surface area (Å²) in [7, 11) is 0. The van der Waals surface area contributed by atoms with Crippen LogP contribution in [0.4, 0.5) is 0 Å². The predicted octanol–water partition coefficient (Wildman–Crippen LogP) is 2.19. The van der Waals surface area contributed by atoms with Gasteiger partial charge < -0.3 is 10.4 Å². The van der Waals surface area contributed by atoms with Gasteiger partial charge in [-0.3, -0.25) is 4.79 Å². The number of hydrogen-bond acceptors (Lipinski definition) is 6. The van der Waals surface area contributed by atoms with Gasteiger partial charge in [0.05, 0.1) is 17.5 Å². The van der Waals surface area contributed by atoms with E-state index in [1.54, 1.807) is 6.92 Å². The first-order chi connectivity index (χ1) is 9.96. The molecule has 112 valence electrons. The summed E-state index contributed by atoms with van der Waals surface area (Å²) in [5.74, 6) is -1.08. The molecule has 8 heteroatoms. The van der Waals surface area contributed by atoms with Crippen LogP contribution in [0.25, 0.3) is 0 Å². The third-order valence-electron chi connectivity index (χ3n) is 3.35. The molecule has 1 aliphatic carbocycles. The molecule has 1 heterocycles. The summed E-state index contributed by atoms with van der Waals surface area (Å²) in [4.78, 5) is 27.2. The van der Waals surface area contributed by atoms with Crippen LogP contribution >= 0.6 is 23.1 Å². The lowest BCUT2D eigenvalue weighted by Gasteiger charge is -2.21. The number of carboxylic acid groups (broad SMARTS) is 1. The zero-order valence-electron chi connectivity index (χ0n) is 11.5. The molecule has 21 heavy (non-hydrogen) atoms. The molecule has 0 spiro atoms. The highest BCUT2D eigenvalue weighted by molar-refractivity contribution is 8.01. The summed E-state index contributed by atoms with van der Waals surface area (Å²) >= 11 is 2.26. The van der Waals surface area contributed by atoms with Gasteiger partial charge in [-0.1, -0.05) is 11.8 Å². The Hall–Kier alpha value is -1.59. The fourth-order valence-electron chi connectivity index (χ4n) is 2.31. The van der Waals surface area contributed by atoms with Gasteiger partial charge in [-0.25, -0.2) is 9.78 Å². The molecule has 1 amide bonds. The van der Waals surface area contributed by atoms with Crippen LogP contribution < -0.4 is 5.32 Å². The van der Waals surface area contributed by atoms with Gasteiger partial charge in [-0.15, -0.1) is 11.3 Å². The topological polar surface area (TPSA) is 103 Å². The monoisotopic (exact) mass is 325 g/mol. The van der Waals surface area contributed by atoms with Crippen molar-refractivity contribution in [2.75, 3.05) is 5.75 Å². The summed E-state index contributed by atoms with van der Waals surface area (Å²) < 4.78 is 0.553. The first-order valence-corrected chi connectivity index (χ1v) is 8.32. The number of thiazole rings is 1. The van der Waals surface area contributed by atoms with Crippen molar-refractivity contribution in [3.8, 4) is 6.07 Å². The summed E-state index contributed by atoms with van der Waals surface area (Å²) in [5, 5.41) is 21.0. The number of carbonyl (C=O) groups is 2. The molecule has 6 nitrogen and oxygen atoms in total. The van der Waals surface area contributed by atoms with E-state index in [1.165, 1.54) is 11.8 Å². The standard InChI is InChI=1S/C13H15N3O3S2/c1-8-10(11(18)19)21-12(15-8)20-6-9(17)16-13(7-14)4-2-3-5-13/h2-6H2,1H3,(H,16,17)(H,18,19). The number of aromatic carboxylic acids is 1. The average molecular weight is 325 g/mol. The summed E-state index contributed by atoms with van der Waals surface area (Å²) in [6.45, 7) is 1.63. The van der Waals surface area contributed by atoms with E-state index in [0.29, 0.717) is 22.9 Å². The molecule has 2 N–H and O–H groups in total. The number of carbonyl (C=O) groups excluding carboxylic acids is 1. The van der Waals surface area contributed by atoms with Gasteiger partial charge in [0.15, 0.2) is 4.34 Å². The van der Waals surface area contributed by atoms with Crippen molar-refractivity contribution in [3.63, 3.8) is 0 Å². The third kappa shape index (κ3) is 3.74. The number of hydrogen-bond donors (Lipinski definition) is 2. The highest BCUT2D eigenvalue weighted by atomic mass is 32.2. The summed E-state index contributed by atoms with van der Waals surface area (Å²) in [5.41, 5.74) is -0.262.